The highest BCUT2D eigenvalue weighted by molar-refractivity contribution is 9.10. The van der Waals surface area contributed by atoms with Gasteiger partial charge in [0.25, 0.3) is 0 Å². The minimum atomic E-state index is 0.903. The largest absolute Gasteiger partial charge is 0.337 e. The van der Waals surface area contributed by atoms with Crippen LogP contribution in [0.25, 0.3) is 33.5 Å². The number of H-pyrrole nitrogens is 1. The predicted molar refractivity (Wildman–Crippen MR) is 104 cm³/mol. The molecule has 0 aliphatic rings. The molecule has 1 heterocycles. The van der Waals surface area contributed by atoms with E-state index in [-0.39, 0.29) is 0 Å². The fourth-order valence-corrected chi connectivity index (χ4v) is 3.18. The van der Waals surface area contributed by atoms with E-state index in [1.165, 1.54) is 22.3 Å². The summed E-state index contributed by atoms with van der Waals surface area (Å²) in [6, 6.07) is 21.2. The number of fused-ring (bicyclic) bond motifs is 1. The van der Waals surface area contributed by atoms with E-state index in [0.29, 0.717) is 0 Å². The van der Waals surface area contributed by atoms with Gasteiger partial charge in [-0.2, -0.15) is 0 Å². The van der Waals surface area contributed by atoms with Crippen molar-refractivity contribution in [1.82, 2.24) is 9.97 Å². The average molecular weight is 377 g/mol. The second kappa shape index (κ2) is 5.91. The molecule has 0 aliphatic carbocycles. The van der Waals surface area contributed by atoms with Gasteiger partial charge in [-0.05, 0) is 43.2 Å². The van der Waals surface area contributed by atoms with Crippen LogP contribution in [-0.4, -0.2) is 9.97 Å². The number of hydrogen-bond donors (Lipinski definition) is 1. The summed E-state index contributed by atoms with van der Waals surface area (Å²) in [5, 5.41) is 0. The molecule has 0 aliphatic heterocycles. The third-order valence-corrected chi connectivity index (χ3v) is 5.20. The molecule has 0 radical (unpaired) electrons. The average Bonchev–Trinajstić information content (AvgIpc) is 3.02. The standard InChI is InChI=1S/C21H17BrN2/c1-13-6-8-15(9-7-13)17-4-3-5-19-20(17)24-21(23-19)16-10-11-18(22)14(2)12-16/h3-12H,1-2H3,(H,23,24). The third kappa shape index (κ3) is 2.65. The molecule has 0 saturated carbocycles. The first kappa shape index (κ1) is 15.2. The molecule has 0 atom stereocenters. The third-order valence-electron chi connectivity index (χ3n) is 4.31. The van der Waals surface area contributed by atoms with Crippen LogP contribution < -0.4 is 0 Å². The van der Waals surface area contributed by atoms with E-state index >= 15 is 0 Å². The Hall–Kier alpha value is -2.39. The number of hydrogen-bond acceptors (Lipinski definition) is 1. The number of aryl methyl sites for hydroxylation is 2. The van der Waals surface area contributed by atoms with Crippen LogP contribution in [0.15, 0.2) is 65.1 Å². The normalized spacial score (nSPS) is 11.1. The maximum atomic E-state index is 4.79. The van der Waals surface area contributed by atoms with Crippen molar-refractivity contribution in [2.75, 3.05) is 0 Å². The Morgan fingerprint density at radius 3 is 2.38 bits per heavy atom. The summed E-state index contributed by atoms with van der Waals surface area (Å²) in [5.74, 6) is 0.903. The Morgan fingerprint density at radius 2 is 1.62 bits per heavy atom. The number of aromatic amines is 1. The molecular weight excluding hydrogens is 360 g/mol. The van der Waals surface area contributed by atoms with Crippen molar-refractivity contribution >= 4 is 27.0 Å². The molecule has 1 N–H and O–H groups in total. The van der Waals surface area contributed by atoms with Crippen LogP contribution in [0.5, 0.6) is 0 Å². The van der Waals surface area contributed by atoms with Crippen molar-refractivity contribution in [3.05, 3.63) is 76.3 Å². The van der Waals surface area contributed by atoms with E-state index in [4.69, 9.17) is 4.98 Å². The van der Waals surface area contributed by atoms with Crippen molar-refractivity contribution in [3.63, 3.8) is 0 Å². The van der Waals surface area contributed by atoms with Gasteiger partial charge in [0, 0.05) is 15.6 Å². The zero-order valence-electron chi connectivity index (χ0n) is 13.6. The fraction of sp³-hybridized carbons (Fsp3) is 0.0952. The van der Waals surface area contributed by atoms with Gasteiger partial charge in [0.1, 0.15) is 5.82 Å². The van der Waals surface area contributed by atoms with E-state index < -0.39 is 0 Å². The van der Waals surface area contributed by atoms with Gasteiger partial charge in [-0.15, -0.1) is 0 Å². The van der Waals surface area contributed by atoms with Crippen LogP contribution in [0.4, 0.5) is 0 Å². The van der Waals surface area contributed by atoms with Gasteiger partial charge in [0.2, 0.25) is 0 Å². The number of imidazole rings is 1. The molecule has 0 bridgehead atoms. The van der Waals surface area contributed by atoms with Crippen LogP contribution in [-0.2, 0) is 0 Å². The highest BCUT2D eigenvalue weighted by atomic mass is 79.9. The minimum absolute atomic E-state index is 0.903. The summed E-state index contributed by atoms with van der Waals surface area (Å²) in [6.45, 7) is 4.20. The van der Waals surface area contributed by atoms with Crippen LogP contribution in [0.3, 0.4) is 0 Å². The SMILES string of the molecule is Cc1ccc(-c2cccc3nc(-c4ccc(Br)c(C)c4)[nH]c23)cc1. The van der Waals surface area contributed by atoms with Gasteiger partial charge in [0.15, 0.2) is 0 Å². The first-order valence-electron chi connectivity index (χ1n) is 7.94. The predicted octanol–water partition coefficient (Wildman–Crippen LogP) is 6.28. The Balaban J connectivity index is 1.88. The molecule has 0 fully saturated rings. The van der Waals surface area contributed by atoms with Gasteiger partial charge in [-0.3, -0.25) is 0 Å². The first-order chi connectivity index (χ1) is 11.6. The van der Waals surface area contributed by atoms with E-state index in [0.717, 1.165) is 26.9 Å². The van der Waals surface area contributed by atoms with Crippen LogP contribution in [0, 0.1) is 13.8 Å². The number of nitrogens with zero attached hydrogens (tertiary/aromatic N) is 1. The monoisotopic (exact) mass is 376 g/mol. The molecular formula is C21H17BrN2. The van der Waals surface area contributed by atoms with E-state index in [9.17, 15) is 0 Å². The van der Waals surface area contributed by atoms with Gasteiger partial charge in [-0.25, -0.2) is 4.98 Å². The van der Waals surface area contributed by atoms with Crippen molar-refractivity contribution in [3.8, 4) is 22.5 Å². The topological polar surface area (TPSA) is 28.7 Å². The fourth-order valence-electron chi connectivity index (χ4n) is 2.93. The summed E-state index contributed by atoms with van der Waals surface area (Å²) < 4.78 is 1.11. The first-order valence-corrected chi connectivity index (χ1v) is 8.73. The summed E-state index contributed by atoms with van der Waals surface area (Å²) >= 11 is 3.55. The number of halogens is 1. The highest BCUT2D eigenvalue weighted by Crippen LogP contribution is 2.30. The highest BCUT2D eigenvalue weighted by Gasteiger charge is 2.10. The van der Waals surface area contributed by atoms with Gasteiger partial charge < -0.3 is 4.98 Å². The number of para-hydroxylation sites is 1. The zero-order chi connectivity index (χ0) is 16.7. The van der Waals surface area contributed by atoms with E-state index in [1.807, 2.05) is 0 Å². The molecule has 3 aromatic carbocycles. The summed E-state index contributed by atoms with van der Waals surface area (Å²) in [5.41, 5.74) is 8.02. The molecule has 4 aromatic rings. The Kier molecular flexibility index (Phi) is 3.73. The number of rotatable bonds is 2. The Morgan fingerprint density at radius 1 is 0.875 bits per heavy atom. The molecule has 118 valence electrons. The second-order valence-electron chi connectivity index (χ2n) is 6.12. The lowest BCUT2D eigenvalue weighted by molar-refractivity contribution is 1.32. The quantitative estimate of drug-likeness (QED) is 0.438. The zero-order valence-corrected chi connectivity index (χ0v) is 15.2. The number of benzene rings is 3. The minimum Gasteiger partial charge on any atom is -0.337 e. The van der Waals surface area contributed by atoms with Crippen LogP contribution in [0.2, 0.25) is 0 Å². The van der Waals surface area contributed by atoms with Crippen molar-refractivity contribution in [1.29, 1.82) is 0 Å². The number of nitrogens with one attached hydrogen (secondary N) is 1. The lowest BCUT2D eigenvalue weighted by Gasteiger charge is -2.04. The maximum Gasteiger partial charge on any atom is 0.138 e. The molecule has 0 spiro atoms. The lowest BCUT2D eigenvalue weighted by Crippen LogP contribution is -1.83. The summed E-state index contributed by atoms with van der Waals surface area (Å²) in [4.78, 5) is 8.30. The van der Waals surface area contributed by atoms with Crippen LogP contribution >= 0.6 is 15.9 Å². The molecule has 0 saturated heterocycles. The summed E-state index contributed by atoms with van der Waals surface area (Å²) in [6.07, 6.45) is 0. The Bertz CT molecular complexity index is 1030. The van der Waals surface area contributed by atoms with Crippen molar-refractivity contribution in [2.45, 2.75) is 13.8 Å². The Labute approximate surface area is 149 Å². The van der Waals surface area contributed by atoms with E-state index in [2.05, 4.69) is 95.4 Å². The molecule has 0 amide bonds. The molecule has 4 rings (SSSR count). The van der Waals surface area contributed by atoms with E-state index in [1.54, 1.807) is 0 Å². The van der Waals surface area contributed by atoms with Gasteiger partial charge >= 0.3 is 0 Å². The van der Waals surface area contributed by atoms with Gasteiger partial charge in [-0.1, -0.05) is 64.0 Å². The number of aromatic nitrogens is 2. The van der Waals surface area contributed by atoms with Gasteiger partial charge in [0.05, 0.1) is 11.0 Å². The molecule has 2 nitrogen and oxygen atoms in total. The molecule has 1 aromatic heterocycles. The van der Waals surface area contributed by atoms with Crippen LogP contribution in [0.1, 0.15) is 11.1 Å². The van der Waals surface area contributed by atoms with Crippen molar-refractivity contribution < 1.29 is 0 Å². The molecule has 24 heavy (non-hydrogen) atoms. The van der Waals surface area contributed by atoms with Crippen molar-refractivity contribution in [2.24, 2.45) is 0 Å². The molecule has 0 unspecified atom stereocenters. The maximum absolute atomic E-state index is 4.79. The summed E-state index contributed by atoms with van der Waals surface area (Å²) in [7, 11) is 0. The lowest BCUT2D eigenvalue weighted by atomic mass is 10.0. The smallest absolute Gasteiger partial charge is 0.138 e. The second-order valence-corrected chi connectivity index (χ2v) is 6.97. The molecule has 3 heteroatoms.